The number of allylic oxidation sites excluding steroid dienone is 3. The van der Waals surface area contributed by atoms with E-state index < -0.39 is 11.9 Å². The van der Waals surface area contributed by atoms with Gasteiger partial charge in [0.1, 0.15) is 0 Å². The highest BCUT2D eigenvalue weighted by Gasteiger charge is 2.41. The van der Waals surface area contributed by atoms with Crippen molar-refractivity contribution in [1.82, 2.24) is 5.32 Å². The number of nitrogens with one attached hydrogen (secondary N) is 1. The second-order valence-corrected chi connectivity index (χ2v) is 8.49. The van der Waals surface area contributed by atoms with Gasteiger partial charge in [0.05, 0.1) is 25.9 Å². The topological polar surface area (TPSA) is 73.9 Å². The van der Waals surface area contributed by atoms with E-state index in [1.807, 2.05) is 57.2 Å². The molecule has 34 heavy (non-hydrogen) atoms. The largest absolute Gasteiger partial charge is 0.490 e. The van der Waals surface area contributed by atoms with Crippen LogP contribution in [0.1, 0.15) is 56.6 Å². The smallest absolute Gasteiger partial charge is 0.336 e. The van der Waals surface area contributed by atoms with Crippen molar-refractivity contribution in [2.45, 2.75) is 45.4 Å². The normalized spacial score (nSPS) is 19.9. The molecule has 2 aromatic carbocycles. The monoisotopic (exact) mass is 461 g/mol. The fourth-order valence-electron chi connectivity index (χ4n) is 4.96. The number of carbonyl (C=O) groups is 2. The van der Waals surface area contributed by atoms with Crippen molar-refractivity contribution in [2.75, 3.05) is 20.3 Å². The zero-order valence-electron chi connectivity index (χ0n) is 20.1. The minimum absolute atomic E-state index is 0.0355. The molecule has 0 amide bonds. The summed E-state index contributed by atoms with van der Waals surface area (Å²) in [6, 6.07) is 15.7. The molecule has 6 heteroatoms. The van der Waals surface area contributed by atoms with Gasteiger partial charge in [-0.2, -0.15) is 0 Å². The molecule has 1 aliphatic carbocycles. The van der Waals surface area contributed by atoms with Crippen LogP contribution in [0.3, 0.4) is 0 Å². The number of hydrogen-bond donors (Lipinski definition) is 1. The Morgan fingerprint density at radius 3 is 2.35 bits per heavy atom. The van der Waals surface area contributed by atoms with Crippen LogP contribution in [0.5, 0.6) is 11.5 Å². The molecule has 0 fully saturated rings. The summed E-state index contributed by atoms with van der Waals surface area (Å²) >= 11 is 0. The Bertz CT molecular complexity index is 1150. The molecular weight excluding hydrogens is 430 g/mol. The molecule has 0 radical (unpaired) electrons. The summed E-state index contributed by atoms with van der Waals surface area (Å²) in [5, 5.41) is 3.37. The maximum atomic E-state index is 13.6. The number of esters is 1. The zero-order chi connectivity index (χ0) is 24.2. The predicted molar refractivity (Wildman–Crippen MR) is 130 cm³/mol. The molecule has 1 N–H and O–H groups in total. The molecule has 0 spiro atoms. The Kier molecular flexibility index (Phi) is 7.06. The lowest BCUT2D eigenvalue weighted by Gasteiger charge is -2.36. The number of benzene rings is 2. The van der Waals surface area contributed by atoms with Crippen molar-refractivity contribution in [3.8, 4) is 11.5 Å². The highest BCUT2D eigenvalue weighted by atomic mass is 16.5. The minimum atomic E-state index is -0.539. The van der Waals surface area contributed by atoms with Crippen molar-refractivity contribution < 1.29 is 23.8 Å². The average Bonchev–Trinajstić information content (AvgIpc) is 2.84. The molecule has 0 unspecified atom stereocenters. The van der Waals surface area contributed by atoms with Crippen molar-refractivity contribution in [1.29, 1.82) is 0 Å². The Morgan fingerprint density at radius 1 is 0.971 bits per heavy atom. The third kappa shape index (κ3) is 4.45. The first-order valence-corrected chi connectivity index (χ1v) is 11.7. The van der Waals surface area contributed by atoms with Crippen LogP contribution in [0.25, 0.3) is 0 Å². The van der Waals surface area contributed by atoms with Gasteiger partial charge in [-0.05, 0) is 56.4 Å². The molecule has 2 aliphatic rings. The van der Waals surface area contributed by atoms with Crippen molar-refractivity contribution >= 4 is 11.8 Å². The van der Waals surface area contributed by atoms with Crippen LogP contribution in [0.2, 0.25) is 0 Å². The summed E-state index contributed by atoms with van der Waals surface area (Å²) in [4.78, 5) is 26.5. The van der Waals surface area contributed by atoms with Gasteiger partial charge in [-0.3, -0.25) is 4.79 Å². The lowest BCUT2D eigenvalue weighted by atomic mass is 9.71. The van der Waals surface area contributed by atoms with Gasteiger partial charge in [0.15, 0.2) is 17.3 Å². The van der Waals surface area contributed by atoms with Crippen LogP contribution in [0.4, 0.5) is 0 Å². The standard InChI is InChI=1S/C28H31NO5/c1-5-33-23-13-12-19(16-24(23)34-6-2)26-25(28(31)32-4)17(3)29-21-14-20(15-22(30)27(21)26)18-10-8-7-9-11-18/h7-13,16,20,26,29H,5-6,14-15H2,1-4H3/t20-,26-/m1/s1. The average molecular weight is 462 g/mol. The lowest BCUT2D eigenvalue weighted by molar-refractivity contribution is -0.136. The number of ketones is 1. The summed E-state index contributed by atoms with van der Waals surface area (Å²) in [6.45, 7) is 6.66. The number of ether oxygens (including phenoxy) is 3. The van der Waals surface area contributed by atoms with Gasteiger partial charge >= 0.3 is 5.97 Å². The Morgan fingerprint density at radius 2 is 1.68 bits per heavy atom. The number of methoxy groups -OCH3 is 1. The maximum absolute atomic E-state index is 13.6. The fraction of sp³-hybridized carbons (Fsp3) is 0.357. The minimum Gasteiger partial charge on any atom is -0.490 e. The molecule has 6 nitrogen and oxygen atoms in total. The quantitative estimate of drug-likeness (QED) is 0.584. The molecule has 1 heterocycles. The van der Waals surface area contributed by atoms with E-state index in [0.717, 1.165) is 16.8 Å². The Balaban J connectivity index is 1.82. The summed E-state index contributed by atoms with van der Waals surface area (Å²) in [5.74, 6) is 0.361. The van der Waals surface area contributed by atoms with Gasteiger partial charge in [-0.15, -0.1) is 0 Å². The Hall–Kier alpha value is -3.54. The van der Waals surface area contributed by atoms with Crippen LogP contribution in [0, 0.1) is 0 Å². The van der Waals surface area contributed by atoms with E-state index in [2.05, 4.69) is 17.4 Å². The second kappa shape index (κ2) is 10.2. The predicted octanol–water partition coefficient (Wildman–Crippen LogP) is 5.02. The summed E-state index contributed by atoms with van der Waals surface area (Å²) in [6.07, 6.45) is 1.09. The molecule has 1 aliphatic heterocycles. The summed E-state index contributed by atoms with van der Waals surface area (Å²) in [7, 11) is 1.36. The van der Waals surface area contributed by atoms with Gasteiger partial charge in [0.25, 0.3) is 0 Å². The van der Waals surface area contributed by atoms with Gasteiger partial charge in [0.2, 0.25) is 0 Å². The van der Waals surface area contributed by atoms with E-state index in [4.69, 9.17) is 14.2 Å². The molecule has 4 rings (SSSR count). The van der Waals surface area contributed by atoms with Crippen molar-refractivity contribution in [3.05, 3.63) is 82.2 Å². The van der Waals surface area contributed by atoms with Crippen LogP contribution in [-0.4, -0.2) is 32.1 Å². The molecule has 0 saturated carbocycles. The first kappa shape index (κ1) is 23.6. The number of rotatable bonds is 7. The summed E-state index contributed by atoms with van der Waals surface area (Å²) in [5.41, 5.74) is 4.58. The van der Waals surface area contributed by atoms with Gasteiger partial charge in [-0.1, -0.05) is 36.4 Å². The first-order chi connectivity index (χ1) is 16.5. The van der Waals surface area contributed by atoms with Crippen molar-refractivity contribution in [2.24, 2.45) is 0 Å². The molecular formula is C28H31NO5. The van der Waals surface area contributed by atoms with E-state index in [1.54, 1.807) is 0 Å². The van der Waals surface area contributed by atoms with Crippen LogP contribution < -0.4 is 14.8 Å². The third-order valence-electron chi connectivity index (χ3n) is 6.40. The number of dihydropyridines is 1. The molecule has 2 atom stereocenters. The third-order valence-corrected chi connectivity index (χ3v) is 6.40. The Labute approximate surface area is 200 Å². The summed E-state index contributed by atoms with van der Waals surface area (Å²) < 4.78 is 16.7. The van der Waals surface area contributed by atoms with Gasteiger partial charge in [0, 0.05) is 29.3 Å². The SMILES string of the molecule is CCOc1ccc([C@@H]2C(C(=O)OC)=C(C)NC3=C2C(=O)C[C@H](c2ccccc2)C3)cc1OCC. The fourth-order valence-corrected chi connectivity index (χ4v) is 4.96. The highest BCUT2D eigenvalue weighted by molar-refractivity contribution is 6.04. The first-order valence-electron chi connectivity index (χ1n) is 11.7. The number of hydrogen-bond acceptors (Lipinski definition) is 6. The van der Waals surface area contributed by atoms with Gasteiger partial charge < -0.3 is 19.5 Å². The molecule has 2 aromatic rings. The second-order valence-electron chi connectivity index (χ2n) is 8.49. The van der Waals surface area contributed by atoms with Crippen molar-refractivity contribution in [3.63, 3.8) is 0 Å². The van der Waals surface area contributed by atoms with E-state index >= 15 is 0 Å². The van der Waals surface area contributed by atoms with Crippen LogP contribution in [-0.2, 0) is 14.3 Å². The van der Waals surface area contributed by atoms with E-state index in [1.165, 1.54) is 7.11 Å². The molecule has 178 valence electrons. The molecule has 0 bridgehead atoms. The zero-order valence-corrected chi connectivity index (χ0v) is 20.1. The lowest BCUT2D eigenvalue weighted by Crippen LogP contribution is -2.36. The van der Waals surface area contributed by atoms with E-state index in [0.29, 0.717) is 54.4 Å². The number of Topliss-reactive ketones (excluding diaryl/α,β-unsaturated/α-hetero) is 1. The van der Waals surface area contributed by atoms with Gasteiger partial charge in [-0.25, -0.2) is 4.79 Å². The van der Waals surface area contributed by atoms with Crippen LogP contribution >= 0.6 is 0 Å². The number of carbonyl (C=O) groups excluding carboxylic acids is 2. The van der Waals surface area contributed by atoms with E-state index in [-0.39, 0.29) is 11.7 Å². The maximum Gasteiger partial charge on any atom is 0.336 e. The molecule has 0 aromatic heterocycles. The highest BCUT2D eigenvalue weighted by Crippen LogP contribution is 2.47. The van der Waals surface area contributed by atoms with E-state index in [9.17, 15) is 9.59 Å². The van der Waals surface area contributed by atoms with Crippen LogP contribution in [0.15, 0.2) is 71.1 Å². The molecule has 0 saturated heterocycles.